The first kappa shape index (κ1) is 19.8. The SMILES string of the molecule is CCOC(=O)C(/C=C(/CP(=O)(OC)OC)C(C)C)NC=O. The van der Waals surface area contributed by atoms with E-state index in [0.717, 1.165) is 0 Å². The van der Waals surface area contributed by atoms with E-state index in [1.165, 1.54) is 20.3 Å². The summed E-state index contributed by atoms with van der Waals surface area (Å²) in [5.41, 5.74) is 0.675. The first-order valence-corrected chi connectivity index (χ1v) is 8.33. The molecule has 0 aliphatic carbocycles. The predicted molar refractivity (Wildman–Crippen MR) is 79.0 cm³/mol. The maximum atomic E-state index is 12.2. The highest BCUT2D eigenvalue weighted by molar-refractivity contribution is 7.54. The lowest BCUT2D eigenvalue weighted by atomic mass is 10.0. The van der Waals surface area contributed by atoms with Crippen molar-refractivity contribution in [2.75, 3.05) is 27.0 Å². The van der Waals surface area contributed by atoms with Crippen LogP contribution < -0.4 is 5.32 Å². The molecule has 0 radical (unpaired) electrons. The first-order valence-electron chi connectivity index (χ1n) is 6.61. The van der Waals surface area contributed by atoms with Crippen LogP contribution in [0.5, 0.6) is 0 Å². The molecule has 0 bridgehead atoms. The van der Waals surface area contributed by atoms with Crippen molar-refractivity contribution in [3.05, 3.63) is 11.6 Å². The van der Waals surface area contributed by atoms with E-state index in [4.69, 9.17) is 13.8 Å². The van der Waals surface area contributed by atoms with Gasteiger partial charge in [-0.15, -0.1) is 0 Å². The lowest BCUT2D eigenvalue weighted by molar-refractivity contribution is -0.145. The van der Waals surface area contributed by atoms with Gasteiger partial charge in [0.2, 0.25) is 6.41 Å². The second-order valence-corrected chi connectivity index (χ2v) is 6.81. The number of nitrogens with one attached hydrogen (secondary N) is 1. The van der Waals surface area contributed by atoms with Crippen LogP contribution in [0.1, 0.15) is 20.8 Å². The Hall–Kier alpha value is -1.17. The van der Waals surface area contributed by atoms with Crippen LogP contribution in [0.15, 0.2) is 11.6 Å². The van der Waals surface area contributed by atoms with E-state index in [9.17, 15) is 14.2 Å². The smallest absolute Gasteiger partial charge is 0.334 e. The van der Waals surface area contributed by atoms with E-state index in [-0.39, 0.29) is 18.7 Å². The summed E-state index contributed by atoms with van der Waals surface area (Å²) < 4.78 is 26.9. The summed E-state index contributed by atoms with van der Waals surface area (Å²) in [6, 6.07) is -0.929. The molecule has 0 heterocycles. The average molecular weight is 321 g/mol. The second kappa shape index (κ2) is 9.71. The highest BCUT2D eigenvalue weighted by Gasteiger charge is 2.26. The topological polar surface area (TPSA) is 90.9 Å². The number of carbonyl (C=O) groups excluding carboxylic acids is 2. The van der Waals surface area contributed by atoms with Gasteiger partial charge in [0.05, 0.1) is 12.8 Å². The van der Waals surface area contributed by atoms with Crippen LogP contribution in [-0.4, -0.2) is 45.4 Å². The highest BCUT2D eigenvalue weighted by Crippen LogP contribution is 2.48. The lowest BCUT2D eigenvalue weighted by Gasteiger charge is -2.20. The molecule has 0 aliphatic rings. The number of amides is 1. The van der Waals surface area contributed by atoms with Gasteiger partial charge < -0.3 is 19.1 Å². The third kappa shape index (κ3) is 6.89. The van der Waals surface area contributed by atoms with Crippen molar-refractivity contribution in [2.45, 2.75) is 26.8 Å². The minimum absolute atomic E-state index is 0.00555. The Kier molecular flexibility index (Phi) is 9.17. The first-order chi connectivity index (χ1) is 9.83. The molecule has 1 amide bonds. The summed E-state index contributed by atoms with van der Waals surface area (Å²) in [4.78, 5) is 22.4. The van der Waals surface area contributed by atoms with Gasteiger partial charge in [0.15, 0.2) is 0 Å². The van der Waals surface area contributed by atoms with Crippen molar-refractivity contribution in [3.63, 3.8) is 0 Å². The zero-order valence-corrected chi connectivity index (χ0v) is 14.0. The van der Waals surface area contributed by atoms with Crippen molar-refractivity contribution in [1.29, 1.82) is 0 Å². The van der Waals surface area contributed by atoms with Gasteiger partial charge in [-0.05, 0) is 12.8 Å². The van der Waals surface area contributed by atoms with E-state index in [1.54, 1.807) is 6.92 Å². The Balaban J connectivity index is 5.33. The van der Waals surface area contributed by atoms with Crippen molar-refractivity contribution < 1.29 is 27.9 Å². The van der Waals surface area contributed by atoms with Crippen molar-refractivity contribution in [2.24, 2.45) is 5.92 Å². The molecule has 0 fully saturated rings. The molecule has 0 aliphatic heterocycles. The zero-order chi connectivity index (χ0) is 16.5. The van der Waals surface area contributed by atoms with Gasteiger partial charge in [0.1, 0.15) is 6.04 Å². The van der Waals surface area contributed by atoms with Gasteiger partial charge >= 0.3 is 13.6 Å². The Morgan fingerprint density at radius 3 is 2.24 bits per heavy atom. The highest BCUT2D eigenvalue weighted by atomic mass is 31.2. The molecule has 1 unspecified atom stereocenters. The van der Waals surface area contributed by atoms with Gasteiger partial charge in [-0.2, -0.15) is 0 Å². The van der Waals surface area contributed by atoms with Crippen LogP contribution in [0, 0.1) is 5.92 Å². The molecule has 21 heavy (non-hydrogen) atoms. The summed E-state index contributed by atoms with van der Waals surface area (Å²) in [6.45, 7) is 5.64. The largest absolute Gasteiger partial charge is 0.464 e. The molecule has 0 rings (SSSR count). The summed E-state index contributed by atoms with van der Waals surface area (Å²) in [5, 5.41) is 2.37. The van der Waals surface area contributed by atoms with Gasteiger partial charge in [0, 0.05) is 14.2 Å². The van der Waals surface area contributed by atoms with Crippen LogP contribution in [0.2, 0.25) is 0 Å². The fourth-order valence-electron chi connectivity index (χ4n) is 1.56. The molecule has 122 valence electrons. The molecule has 0 spiro atoms. The van der Waals surface area contributed by atoms with E-state index in [1.807, 2.05) is 13.8 Å². The molecule has 0 saturated carbocycles. The molecule has 0 aromatic carbocycles. The zero-order valence-electron chi connectivity index (χ0n) is 13.1. The quantitative estimate of drug-likeness (QED) is 0.285. The van der Waals surface area contributed by atoms with Gasteiger partial charge in [0.25, 0.3) is 0 Å². The maximum Gasteiger partial charge on any atom is 0.334 e. The Labute approximate surface area is 125 Å². The third-order valence-corrected chi connectivity index (χ3v) is 4.71. The molecular weight excluding hydrogens is 297 g/mol. The van der Waals surface area contributed by atoms with Gasteiger partial charge in [-0.1, -0.05) is 25.5 Å². The molecular formula is C13H24NO6P. The summed E-state index contributed by atoms with van der Waals surface area (Å²) in [5.74, 6) is -0.582. The van der Waals surface area contributed by atoms with E-state index in [2.05, 4.69) is 5.32 Å². The molecule has 1 N–H and O–H groups in total. The minimum atomic E-state index is -3.25. The Bertz CT molecular complexity index is 413. The van der Waals surface area contributed by atoms with Crippen LogP contribution in [0.4, 0.5) is 0 Å². The van der Waals surface area contributed by atoms with Crippen LogP contribution >= 0.6 is 7.60 Å². The molecule has 0 aromatic heterocycles. The van der Waals surface area contributed by atoms with E-state index in [0.29, 0.717) is 12.0 Å². The van der Waals surface area contributed by atoms with Crippen molar-refractivity contribution >= 4 is 20.0 Å². The Morgan fingerprint density at radius 2 is 1.86 bits per heavy atom. The summed E-state index contributed by atoms with van der Waals surface area (Å²) >= 11 is 0. The molecule has 8 heteroatoms. The van der Waals surface area contributed by atoms with Crippen LogP contribution in [-0.2, 0) is 27.9 Å². The molecule has 0 aromatic rings. The van der Waals surface area contributed by atoms with Crippen molar-refractivity contribution in [3.8, 4) is 0 Å². The number of hydrogen-bond donors (Lipinski definition) is 1. The third-order valence-electron chi connectivity index (χ3n) is 2.84. The number of carbonyl (C=O) groups is 2. The fraction of sp³-hybridized carbons (Fsp3) is 0.692. The number of allylic oxidation sites excluding steroid dienone is 1. The average Bonchev–Trinajstić information content (AvgIpc) is 2.45. The number of rotatable bonds is 10. The van der Waals surface area contributed by atoms with Gasteiger partial charge in [-0.25, -0.2) is 4.79 Å². The molecule has 7 nitrogen and oxygen atoms in total. The van der Waals surface area contributed by atoms with Crippen LogP contribution in [0.3, 0.4) is 0 Å². The van der Waals surface area contributed by atoms with E-state index >= 15 is 0 Å². The number of hydrogen-bond acceptors (Lipinski definition) is 6. The summed E-state index contributed by atoms with van der Waals surface area (Å²) in [6.07, 6.45) is 1.98. The molecule has 0 saturated heterocycles. The number of esters is 1. The van der Waals surface area contributed by atoms with Gasteiger partial charge in [-0.3, -0.25) is 9.36 Å². The van der Waals surface area contributed by atoms with Crippen LogP contribution in [0.25, 0.3) is 0 Å². The standard InChI is InChI=1S/C13H24NO6P/c1-6-20-13(16)12(14-9-15)7-11(10(2)3)8-21(17,18-4)19-5/h7,9-10,12H,6,8H2,1-5H3,(H,14,15)/b11-7-. The fourth-order valence-corrected chi connectivity index (χ4v) is 2.88. The predicted octanol–water partition coefficient (Wildman–Crippen LogP) is 1.73. The summed E-state index contributed by atoms with van der Waals surface area (Å²) in [7, 11) is -0.648. The normalized spacial score (nSPS) is 13.9. The monoisotopic (exact) mass is 321 g/mol. The molecule has 1 atom stereocenters. The maximum absolute atomic E-state index is 12.2. The minimum Gasteiger partial charge on any atom is -0.464 e. The van der Waals surface area contributed by atoms with E-state index < -0.39 is 19.6 Å². The second-order valence-electron chi connectivity index (χ2n) is 4.54. The Morgan fingerprint density at radius 1 is 1.29 bits per heavy atom. The number of ether oxygens (including phenoxy) is 1. The van der Waals surface area contributed by atoms with Crippen molar-refractivity contribution in [1.82, 2.24) is 5.32 Å². The lowest BCUT2D eigenvalue weighted by Crippen LogP contribution is -2.36.